The Morgan fingerprint density at radius 2 is 2.08 bits per heavy atom. The SMILES string of the molecule is Cc1[nH]c2ccccc2c1CC(=O)N1CCCC1Cc1cccc(F)c1. The normalized spacial score (nSPS) is 17.2. The van der Waals surface area contributed by atoms with Crippen molar-refractivity contribution in [1.82, 2.24) is 9.88 Å². The monoisotopic (exact) mass is 350 g/mol. The lowest BCUT2D eigenvalue weighted by Crippen LogP contribution is -2.37. The number of amides is 1. The molecule has 0 bridgehead atoms. The number of hydrogen-bond acceptors (Lipinski definition) is 1. The summed E-state index contributed by atoms with van der Waals surface area (Å²) >= 11 is 0. The number of halogens is 1. The van der Waals surface area contributed by atoms with Gasteiger partial charge in [-0.05, 0) is 55.5 Å². The number of nitrogens with zero attached hydrogens (tertiary/aromatic N) is 1. The number of carbonyl (C=O) groups excluding carboxylic acids is 1. The lowest BCUT2D eigenvalue weighted by molar-refractivity contribution is -0.131. The van der Waals surface area contributed by atoms with E-state index in [0.717, 1.165) is 53.5 Å². The molecule has 0 saturated carbocycles. The molecular formula is C22H23FN2O. The topological polar surface area (TPSA) is 36.1 Å². The lowest BCUT2D eigenvalue weighted by atomic mass is 10.0. The van der Waals surface area contributed by atoms with Gasteiger partial charge in [-0.25, -0.2) is 4.39 Å². The standard InChI is InChI=1S/C22H23FN2O/c1-15-20(19-9-2-3-10-21(19)24-15)14-22(26)25-11-5-8-18(25)13-16-6-4-7-17(23)12-16/h2-4,6-7,9-10,12,18,24H,5,8,11,13-14H2,1H3. The largest absolute Gasteiger partial charge is 0.358 e. The van der Waals surface area contributed by atoms with Crippen molar-refractivity contribution in [3.05, 3.63) is 71.2 Å². The summed E-state index contributed by atoms with van der Waals surface area (Å²) in [6, 6.07) is 15.0. The number of fused-ring (bicyclic) bond motifs is 1. The van der Waals surface area contributed by atoms with Crippen LogP contribution < -0.4 is 0 Å². The molecule has 4 heteroatoms. The summed E-state index contributed by atoms with van der Waals surface area (Å²) in [5, 5.41) is 1.12. The van der Waals surface area contributed by atoms with E-state index in [1.54, 1.807) is 12.1 Å². The van der Waals surface area contributed by atoms with E-state index in [1.807, 2.05) is 36.1 Å². The number of benzene rings is 2. The zero-order valence-electron chi connectivity index (χ0n) is 15.0. The maximum atomic E-state index is 13.5. The van der Waals surface area contributed by atoms with E-state index in [4.69, 9.17) is 0 Å². The molecule has 0 radical (unpaired) electrons. The molecule has 1 unspecified atom stereocenters. The maximum absolute atomic E-state index is 13.5. The van der Waals surface area contributed by atoms with Crippen LogP contribution in [-0.4, -0.2) is 28.4 Å². The van der Waals surface area contributed by atoms with Crippen LogP contribution in [0.4, 0.5) is 4.39 Å². The molecule has 1 aliphatic heterocycles. The Morgan fingerprint density at radius 1 is 1.23 bits per heavy atom. The minimum absolute atomic E-state index is 0.162. The molecular weight excluding hydrogens is 327 g/mol. The molecule has 26 heavy (non-hydrogen) atoms. The van der Waals surface area contributed by atoms with Crippen LogP contribution >= 0.6 is 0 Å². The molecule has 1 aromatic heterocycles. The lowest BCUT2D eigenvalue weighted by Gasteiger charge is -2.25. The van der Waals surface area contributed by atoms with Crippen LogP contribution in [0.5, 0.6) is 0 Å². The van der Waals surface area contributed by atoms with Crippen LogP contribution in [-0.2, 0) is 17.6 Å². The molecule has 134 valence electrons. The highest BCUT2D eigenvalue weighted by atomic mass is 19.1. The highest BCUT2D eigenvalue weighted by Crippen LogP contribution is 2.26. The quantitative estimate of drug-likeness (QED) is 0.744. The molecule has 4 rings (SSSR count). The first-order valence-electron chi connectivity index (χ1n) is 9.22. The van der Waals surface area contributed by atoms with Crippen molar-refractivity contribution in [3.63, 3.8) is 0 Å². The van der Waals surface area contributed by atoms with Crippen LogP contribution in [0.2, 0.25) is 0 Å². The molecule has 0 aliphatic carbocycles. The molecule has 0 spiro atoms. The number of hydrogen-bond donors (Lipinski definition) is 1. The fraction of sp³-hybridized carbons (Fsp3) is 0.318. The number of aromatic nitrogens is 1. The number of likely N-dealkylation sites (tertiary alicyclic amines) is 1. The molecule has 2 heterocycles. The van der Waals surface area contributed by atoms with Gasteiger partial charge in [-0.2, -0.15) is 0 Å². The zero-order valence-corrected chi connectivity index (χ0v) is 15.0. The molecule has 3 nitrogen and oxygen atoms in total. The average Bonchev–Trinajstić information content (AvgIpc) is 3.20. The molecule has 1 fully saturated rings. The number of carbonyl (C=O) groups is 1. The first kappa shape index (κ1) is 16.8. The Kier molecular flexibility index (Phi) is 4.49. The molecule has 1 saturated heterocycles. The summed E-state index contributed by atoms with van der Waals surface area (Å²) in [7, 11) is 0. The van der Waals surface area contributed by atoms with E-state index >= 15 is 0 Å². The second-order valence-corrected chi connectivity index (χ2v) is 7.17. The second-order valence-electron chi connectivity index (χ2n) is 7.17. The Hall–Kier alpha value is -2.62. The number of aromatic amines is 1. The van der Waals surface area contributed by atoms with Crippen molar-refractivity contribution in [2.24, 2.45) is 0 Å². The Balaban J connectivity index is 1.52. The molecule has 1 atom stereocenters. The predicted octanol–water partition coefficient (Wildman–Crippen LogP) is 4.39. The third-order valence-electron chi connectivity index (χ3n) is 5.41. The number of nitrogens with one attached hydrogen (secondary N) is 1. The fourth-order valence-electron chi connectivity index (χ4n) is 4.13. The summed E-state index contributed by atoms with van der Waals surface area (Å²) in [5.41, 5.74) is 4.17. The van der Waals surface area contributed by atoms with E-state index in [0.29, 0.717) is 6.42 Å². The van der Waals surface area contributed by atoms with E-state index in [-0.39, 0.29) is 17.8 Å². The summed E-state index contributed by atoms with van der Waals surface area (Å²) in [6.45, 7) is 2.82. The predicted molar refractivity (Wildman–Crippen MR) is 102 cm³/mol. The van der Waals surface area contributed by atoms with E-state index in [9.17, 15) is 9.18 Å². The average molecular weight is 350 g/mol. The first-order valence-corrected chi connectivity index (χ1v) is 9.22. The van der Waals surface area contributed by atoms with Crippen LogP contribution in [0.1, 0.15) is 29.7 Å². The van der Waals surface area contributed by atoms with Gasteiger partial charge in [0.15, 0.2) is 0 Å². The van der Waals surface area contributed by atoms with Crippen molar-refractivity contribution in [2.75, 3.05) is 6.54 Å². The number of aryl methyl sites for hydroxylation is 1. The highest BCUT2D eigenvalue weighted by molar-refractivity contribution is 5.90. The number of para-hydroxylation sites is 1. The van der Waals surface area contributed by atoms with Crippen LogP contribution in [0.25, 0.3) is 10.9 Å². The van der Waals surface area contributed by atoms with Crippen molar-refractivity contribution in [1.29, 1.82) is 0 Å². The van der Waals surface area contributed by atoms with Crippen molar-refractivity contribution in [3.8, 4) is 0 Å². The van der Waals surface area contributed by atoms with Gasteiger partial charge in [0.25, 0.3) is 0 Å². The van der Waals surface area contributed by atoms with Crippen molar-refractivity contribution < 1.29 is 9.18 Å². The van der Waals surface area contributed by atoms with Gasteiger partial charge in [0, 0.05) is 29.2 Å². The summed E-state index contributed by atoms with van der Waals surface area (Å²) in [5.74, 6) is -0.0513. The molecule has 1 N–H and O–H groups in total. The Labute approximate surface area is 152 Å². The molecule has 1 amide bonds. The molecule has 1 aliphatic rings. The fourth-order valence-corrected chi connectivity index (χ4v) is 4.13. The van der Waals surface area contributed by atoms with Crippen molar-refractivity contribution in [2.45, 2.75) is 38.6 Å². The Morgan fingerprint density at radius 3 is 2.92 bits per heavy atom. The minimum Gasteiger partial charge on any atom is -0.358 e. The smallest absolute Gasteiger partial charge is 0.227 e. The highest BCUT2D eigenvalue weighted by Gasteiger charge is 2.29. The van der Waals surface area contributed by atoms with Gasteiger partial charge >= 0.3 is 0 Å². The Bertz CT molecular complexity index is 946. The van der Waals surface area contributed by atoms with Gasteiger partial charge in [0.05, 0.1) is 6.42 Å². The minimum atomic E-state index is -0.215. The van der Waals surface area contributed by atoms with Gasteiger partial charge in [-0.1, -0.05) is 30.3 Å². The molecule has 3 aromatic rings. The third kappa shape index (κ3) is 3.24. The summed E-state index contributed by atoms with van der Waals surface area (Å²) < 4.78 is 13.5. The van der Waals surface area contributed by atoms with Gasteiger partial charge < -0.3 is 9.88 Å². The van der Waals surface area contributed by atoms with Crippen LogP contribution in [0.15, 0.2) is 48.5 Å². The van der Waals surface area contributed by atoms with Gasteiger partial charge in [-0.15, -0.1) is 0 Å². The first-order chi connectivity index (χ1) is 12.6. The maximum Gasteiger partial charge on any atom is 0.227 e. The van der Waals surface area contributed by atoms with E-state index < -0.39 is 0 Å². The molecule has 2 aromatic carbocycles. The third-order valence-corrected chi connectivity index (χ3v) is 5.41. The number of H-pyrrole nitrogens is 1. The second kappa shape index (κ2) is 6.94. The van der Waals surface area contributed by atoms with Crippen molar-refractivity contribution >= 4 is 16.8 Å². The van der Waals surface area contributed by atoms with E-state index in [2.05, 4.69) is 11.1 Å². The number of rotatable bonds is 4. The van der Waals surface area contributed by atoms with Crippen LogP contribution in [0.3, 0.4) is 0 Å². The van der Waals surface area contributed by atoms with E-state index in [1.165, 1.54) is 6.07 Å². The van der Waals surface area contributed by atoms with Gasteiger partial charge in [0.2, 0.25) is 5.91 Å². The van der Waals surface area contributed by atoms with Gasteiger partial charge in [-0.3, -0.25) is 4.79 Å². The summed E-state index contributed by atoms with van der Waals surface area (Å²) in [6.07, 6.45) is 3.12. The summed E-state index contributed by atoms with van der Waals surface area (Å²) in [4.78, 5) is 18.4. The van der Waals surface area contributed by atoms with Gasteiger partial charge in [0.1, 0.15) is 5.82 Å². The zero-order chi connectivity index (χ0) is 18.1. The van der Waals surface area contributed by atoms with Crippen LogP contribution in [0, 0.1) is 12.7 Å².